The summed E-state index contributed by atoms with van der Waals surface area (Å²) in [6.45, 7) is 0. The van der Waals surface area contributed by atoms with E-state index in [9.17, 15) is 26.4 Å². The van der Waals surface area contributed by atoms with Gasteiger partial charge in [0.05, 0.1) is 12.5 Å². The first kappa shape index (κ1) is 13.8. The van der Waals surface area contributed by atoms with Crippen molar-refractivity contribution in [2.45, 2.75) is 6.42 Å². The summed E-state index contributed by atoms with van der Waals surface area (Å²) in [6, 6.07) is 0. The van der Waals surface area contributed by atoms with Crippen molar-refractivity contribution in [3.63, 3.8) is 0 Å². The van der Waals surface area contributed by atoms with Crippen LogP contribution in [0.25, 0.3) is 0 Å². The molecule has 15 heavy (non-hydrogen) atoms. The first-order valence-corrected chi connectivity index (χ1v) is 6.97. The zero-order chi connectivity index (χ0) is 12.3. The summed E-state index contributed by atoms with van der Waals surface area (Å²) in [6.07, 6.45) is 0.111. The molecule has 0 saturated carbocycles. The van der Waals surface area contributed by atoms with Gasteiger partial charge < -0.3 is 8.37 Å². The Morgan fingerprint density at radius 1 is 0.867 bits per heavy atom. The molecule has 10 heteroatoms. The average Bonchev–Trinajstić information content (AvgIpc) is 1.73. The lowest BCUT2D eigenvalue weighted by atomic mass is 10.5. The predicted molar refractivity (Wildman–Crippen MR) is 46.5 cm³/mol. The van der Waals surface area contributed by atoms with Crippen LogP contribution in [0.3, 0.4) is 0 Å². The summed E-state index contributed by atoms with van der Waals surface area (Å²) < 4.78 is 49.1. The van der Waals surface area contributed by atoms with Crippen molar-refractivity contribution in [1.29, 1.82) is 0 Å². The summed E-state index contributed by atoms with van der Waals surface area (Å²) in [7, 11) is -8.04. The van der Waals surface area contributed by atoms with Crippen molar-refractivity contribution in [3.05, 3.63) is 0 Å². The first-order valence-electron chi connectivity index (χ1n) is 3.34. The standard InChI is InChI=1S/C5H8O8S2/c1-14(8,9)12-4(6)3-5(7)13-15(2,10)11/h3H2,1-2H3. The summed E-state index contributed by atoms with van der Waals surface area (Å²) in [4.78, 5) is 21.3. The lowest BCUT2D eigenvalue weighted by Gasteiger charge is -2.01. The van der Waals surface area contributed by atoms with E-state index in [1.54, 1.807) is 0 Å². The van der Waals surface area contributed by atoms with Gasteiger partial charge in [-0.2, -0.15) is 16.8 Å². The first-order chi connectivity index (χ1) is 6.49. The Kier molecular flexibility index (Phi) is 4.22. The minimum absolute atomic E-state index is 0.604. The van der Waals surface area contributed by atoms with Crippen LogP contribution in [-0.4, -0.2) is 41.3 Å². The third-order valence-electron chi connectivity index (χ3n) is 0.777. The van der Waals surface area contributed by atoms with Crippen molar-refractivity contribution in [3.8, 4) is 0 Å². The lowest BCUT2D eigenvalue weighted by molar-refractivity contribution is -0.143. The molecule has 0 unspecified atom stereocenters. The second kappa shape index (κ2) is 4.57. The minimum atomic E-state index is -4.02. The fraction of sp³-hybridized carbons (Fsp3) is 0.600. The van der Waals surface area contributed by atoms with Gasteiger partial charge in [-0.3, -0.25) is 9.59 Å². The van der Waals surface area contributed by atoms with Crippen LogP contribution in [0.4, 0.5) is 0 Å². The monoisotopic (exact) mass is 260 g/mol. The van der Waals surface area contributed by atoms with Crippen LogP contribution >= 0.6 is 0 Å². The molecule has 0 fully saturated rings. The van der Waals surface area contributed by atoms with E-state index in [4.69, 9.17) is 0 Å². The normalized spacial score (nSPS) is 11.9. The molecule has 0 heterocycles. The molecule has 88 valence electrons. The zero-order valence-electron chi connectivity index (χ0n) is 7.79. The quantitative estimate of drug-likeness (QED) is 0.437. The molecule has 0 saturated heterocycles. The summed E-state index contributed by atoms with van der Waals surface area (Å²) in [5, 5.41) is 0. The third-order valence-corrected chi connectivity index (χ3v) is 1.75. The molecule has 0 aromatic carbocycles. The number of carbonyl (C=O) groups excluding carboxylic acids is 2. The number of rotatable bonds is 4. The van der Waals surface area contributed by atoms with Gasteiger partial charge in [-0.25, -0.2) is 0 Å². The number of hydrogen-bond donors (Lipinski definition) is 0. The van der Waals surface area contributed by atoms with E-state index in [1.165, 1.54) is 0 Å². The van der Waals surface area contributed by atoms with Crippen molar-refractivity contribution < 1.29 is 34.8 Å². The maximum atomic E-state index is 10.7. The molecular weight excluding hydrogens is 252 g/mol. The lowest BCUT2D eigenvalue weighted by Crippen LogP contribution is -2.19. The molecule has 0 radical (unpaired) electrons. The molecule has 0 aliphatic carbocycles. The van der Waals surface area contributed by atoms with Crippen LogP contribution in [0.1, 0.15) is 6.42 Å². The number of hydrogen-bond acceptors (Lipinski definition) is 8. The van der Waals surface area contributed by atoms with E-state index in [1.807, 2.05) is 0 Å². The van der Waals surface area contributed by atoms with Gasteiger partial charge in [0.15, 0.2) is 0 Å². The van der Waals surface area contributed by atoms with Gasteiger partial charge in [-0.1, -0.05) is 0 Å². The van der Waals surface area contributed by atoms with Gasteiger partial charge in [0, 0.05) is 0 Å². The summed E-state index contributed by atoms with van der Waals surface area (Å²) >= 11 is 0. The Labute approximate surface area is 86.4 Å². The maximum Gasteiger partial charge on any atom is 0.333 e. The van der Waals surface area contributed by atoms with Crippen molar-refractivity contribution in [1.82, 2.24) is 0 Å². The molecule has 0 aliphatic rings. The Morgan fingerprint density at radius 3 is 1.33 bits per heavy atom. The molecule has 0 bridgehead atoms. The highest BCUT2D eigenvalue weighted by Crippen LogP contribution is 1.97. The van der Waals surface area contributed by atoms with Crippen LogP contribution in [-0.2, 0) is 38.2 Å². The van der Waals surface area contributed by atoms with Gasteiger partial charge in [-0.05, 0) is 0 Å². The molecule has 0 amide bonds. The van der Waals surface area contributed by atoms with Gasteiger partial charge in [0.25, 0.3) is 0 Å². The van der Waals surface area contributed by atoms with E-state index < -0.39 is 38.6 Å². The minimum Gasteiger partial charge on any atom is -0.345 e. The van der Waals surface area contributed by atoms with Crippen LogP contribution in [0.15, 0.2) is 0 Å². The largest absolute Gasteiger partial charge is 0.345 e. The fourth-order valence-electron chi connectivity index (χ4n) is 0.514. The molecule has 8 nitrogen and oxygen atoms in total. The predicted octanol–water partition coefficient (Wildman–Crippen LogP) is -1.62. The molecule has 0 N–H and O–H groups in total. The van der Waals surface area contributed by atoms with Crippen molar-refractivity contribution in [2.24, 2.45) is 0 Å². The average molecular weight is 260 g/mol. The zero-order valence-corrected chi connectivity index (χ0v) is 9.42. The second-order valence-corrected chi connectivity index (χ2v) is 5.65. The number of carbonyl (C=O) groups is 2. The van der Waals surface area contributed by atoms with Crippen LogP contribution in [0.2, 0.25) is 0 Å². The third kappa shape index (κ3) is 9.15. The summed E-state index contributed by atoms with van der Waals surface area (Å²) in [5.74, 6) is -2.82. The van der Waals surface area contributed by atoms with Crippen molar-refractivity contribution in [2.75, 3.05) is 12.5 Å². The molecule has 0 aliphatic heterocycles. The van der Waals surface area contributed by atoms with E-state index >= 15 is 0 Å². The SMILES string of the molecule is CS(=O)(=O)OC(=O)CC(=O)OS(C)(=O)=O. The van der Waals surface area contributed by atoms with E-state index in [-0.39, 0.29) is 0 Å². The highest BCUT2D eigenvalue weighted by molar-refractivity contribution is 7.86. The maximum absolute atomic E-state index is 10.7. The van der Waals surface area contributed by atoms with Crippen molar-refractivity contribution >= 4 is 32.2 Å². The van der Waals surface area contributed by atoms with E-state index in [0.717, 1.165) is 0 Å². The van der Waals surface area contributed by atoms with E-state index in [0.29, 0.717) is 12.5 Å². The Hall–Kier alpha value is -1.16. The van der Waals surface area contributed by atoms with Gasteiger partial charge >= 0.3 is 32.2 Å². The smallest absolute Gasteiger partial charge is 0.333 e. The highest BCUT2D eigenvalue weighted by Gasteiger charge is 2.19. The molecule has 0 aromatic heterocycles. The Morgan fingerprint density at radius 2 is 1.13 bits per heavy atom. The van der Waals surface area contributed by atoms with Gasteiger partial charge in [-0.15, -0.1) is 0 Å². The van der Waals surface area contributed by atoms with Crippen LogP contribution < -0.4 is 0 Å². The molecule has 0 rings (SSSR count). The Bertz CT molecular complexity index is 411. The molecular formula is C5H8O8S2. The Balaban J connectivity index is 4.28. The topological polar surface area (TPSA) is 121 Å². The highest BCUT2D eigenvalue weighted by atomic mass is 32.2. The summed E-state index contributed by atoms with van der Waals surface area (Å²) in [5.41, 5.74) is 0. The van der Waals surface area contributed by atoms with Crippen LogP contribution in [0.5, 0.6) is 0 Å². The van der Waals surface area contributed by atoms with Gasteiger partial charge in [0.2, 0.25) is 0 Å². The van der Waals surface area contributed by atoms with Gasteiger partial charge in [0.1, 0.15) is 6.42 Å². The molecule has 0 atom stereocenters. The van der Waals surface area contributed by atoms with E-state index in [2.05, 4.69) is 8.37 Å². The molecule has 0 spiro atoms. The second-order valence-electron chi connectivity index (χ2n) is 2.50. The fourth-order valence-corrected chi connectivity index (χ4v) is 1.31. The van der Waals surface area contributed by atoms with Crippen LogP contribution in [0, 0.1) is 0 Å². The molecule has 0 aromatic rings.